The lowest BCUT2D eigenvalue weighted by Crippen LogP contribution is -2.38. The standard InChI is InChI=1S/C16H23BrN2O/c1-2-19-9-7-14(8-10-19)12-18-16(20)15-5-3-13(11-17)4-6-15/h3-6,14H,2,7-12H2,1H3,(H,18,20). The van der Waals surface area contributed by atoms with Crippen molar-refractivity contribution in [2.24, 2.45) is 5.92 Å². The monoisotopic (exact) mass is 338 g/mol. The van der Waals surface area contributed by atoms with Crippen molar-refractivity contribution < 1.29 is 4.79 Å². The lowest BCUT2D eigenvalue weighted by Gasteiger charge is -2.31. The summed E-state index contributed by atoms with van der Waals surface area (Å²) in [5.74, 6) is 0.674. The highest BCUT2D eigenvalue weighted by atomic mass is 79.9. The number of hydrogen-bond donors (Lipinski definition) is 1. The fraction of sp³-hybridized carbons (Fsp3) is 0.562. The van der Waals surface area contributed by atoms with Crippen LogP contribution in [0.15, 0.2) is 24.3 Å². The summed E-state index contributed by atoms with van der Waals surface area (Å²) in [4.78, 5) is 14.5. The van der Waals surface area contributed by atoms with E-state index in [9.17, 15) is 4.79 Å². The SMILES string of the molecule is CCN1CCC(CNC(=O)c2ccc(CBr)cc2)CC1. The van der Waals surface area contributed by atoms with Gasteiger partial charge in [-0.05, 0) is 56.1 Å². The van der Waals surface area contributed by atoms with Crippen LogP contribution in [0.4, 0.5) is 0 Å². The number of halogens is 1. The molecule has 0 unspecified atom stereocenters. The van der Waals surface area contributed by atoms with Crippen LogP contribution in [0.3, 0.4) is 0 Å². The first-order valence-corrected chi connectivity index (χ1v) is 8.50. The molecular weight excluding hydrogens is 316 g/mol. The van der Waals surface area contributed by atoms with Crippen molar-refractivity contribution in [1.29, 1.82) is 0 Å². The van der Waals surface area contributed by atoms with Crippen LogP contribution in [0.1, 0.15) is 35.7 Å². The summed E-state index contributed by atoms with van der Waals surface area (Å²) in [5.41, 5.74) is 1.94. The Bertz CT molecular complexity index is 425. The van der Waals surface area contributed by atoms with E-state index in [2.05, 4.69) is 33.1 Å². The highest BCUT2D eigenvalue weighted by Gasteiger charge is 2.18. The largest absolute Gasteiger partial charge is 0.352 e. The molecule has 1 aromatic rings. The Morgan fingerprint density at radius 1 is 1.30 bits per heavy atom. The Kier molecular flexibility index (Phi) is 6.05. The minimum atomic E-state index is 0.0454. The predicted molar refractivity (Wildman–Crippen MR) is 86.2 cm³/mol. The number of alkyl halides is 1. The summed E-state index contributed by atoms with van der Waals surface area (Å²) >= 11 is 3.41. The molecule has 0 atom stereocenters. The third kappa shape index (κ3) is 4.32. The molecule has 1 aliphatic rings. The van der Waals surface area contributed by atoms with Crippen LogP contribution >= 0.6 is 15.9 Å². The Morgan fingerprint density at radius 3 is 2.50 bits per heavy atom. The van der Waals surface area contributed by atoms with Crippen molar-refractivity contribution in [1.82, 2.24) is 10.2 Å². The molecule has 1 heterocycles. The van der Waals surface area contributed by atoms with Gasteiger partial charge in [0.15, 0.2) is 0 Å². The quantitative estimate of drug-likeness (QED) is 0.837. The van der Waals surface area contributed by atoms with Gasteiger partial charge in [0.05, 0.1) is 0 Å². The number of likely N-dealkylation sites (tertiary alicyclic amines) is 1. The van der Waals surface area contributed by atoms with Crippen molar-refractivity contribution in [3.05, 3.63) is 35.4 Å². The van der Waals surface area contributed by atoms with Gasteiger partial charge in [-0.1, -0.05) is 35.0 Å². The van der Waals surface area contributed by atoms with Gasteiger partial charge in [0, 0.05) is 17.4 Å². The minimum absolute atomic E-state index is 0.0454. The summed E-state index contributed by atoms with van der Waals surface area (Å²) in [7, 11) is 0. The third-order valence-electron chi connectivity index (χ3n) is 4.08. The summed E-state index contributed by atoms with van der Waals surface area (Å²) in [6.07, 6.45) is 2.38. The van der Waals surface area contributed by atoms with Crippen LogP contribution in [0.2, 0.25) is 0 Å². The maximum atomic E-state index is 12.1. The molecule has 0 bridgehead atoms. The van der Waals surface area contributed by atoms with Gasteiger partial charge >= 0.3 is 0 Å². The van der Waals surface area contributed by atoms with Gasteiger partial charge < -0.3 is 10.2 Å². The number of nitrogens with zero attached hydrogens (tertiary/aromatic N) is 1. The first-order valence-electron chi connectivity index (χ1n) is 7.38. The molecular formula is C16H23BrN2O. The highest BCUT2D eigenvalue weighted by Crippen LogP contribution is 2.16. The van der Waals surface area contributed by atoms with Crippen LogP contribution in [-0.4, -0.2) is 37.0 Å². The highest BCUT2D eigenvalue weighted by molar-refractivity contribution is 9.08. The maximum absolute atomic E-state index is 12.1. The second kappa shape index (κ2) is 7.79. The number of nitrogens with one attached hydrogen (secondary N) is 1. The van der Waals surface area contributed by atoms with Gasteiger partial charge in [0.25, 0.3) is 5.91 Å². The zero-order chi connectivity index (χ0) is 14.4. The van der Waals surface area contributed by atoms with Gasteiger partial charge in [-0.2, -0.15) is 0 Å². The van der Waals surface area contributed by atoms with Crippen molar-refractivity contribution >= 4 is 21.8 Å². The number of amides is 1. The molecule has 2 rings (SSSR count). The van der Waals surface area contributed by atoms with Crippen molar-refractivity contribution in [2.75, 3.05) is 26.2 Å². The van der Waals surface area contributed by atoms with Crippen LogP contribution in [0, 0.1) is 5.92 Å². The average Bonchev–Trinajstić information content (AvgIpc) is 2.53. The fourth-order valence-corrected chi connectivity index (χ4v) is 2.96. The fourth-order valence-electron chi connectivity index (χ4n) is 2.59. The minimum Gasteiger partial charge on any atom is -0.352 e. The Hall–Kier alpha value is -0.870. The second-order valence-corrected chi connectivity index (χ2v) is 5.98. The molecule has 1 fully saturated rings. The van der Waals surface area contributed by atoms with Crippen molar-refractivity contribution in [3.8, 4) is 0 Å². The molecule has 0 aromatic heterocycles. The third-order valence-corrected chi connectivity index (χ3v) is 4.72. The molecule has 1 aromatic carbocycles. The molecule has 0 spiro atoms. The number of benzene rings is 1. The molecule has 3 nitrogen and oxygen atoms in total. The molecule has 1 aliphatic heterocycles. The topological polar surface area (TPSA) is 32.3 Å². The Morgan fingerprint density at radius 2 is 1.95 bits per heavy atom. The van der Waals surface area contributed by atoms with Crippen molar-refractivity contribution in [2.45, 2.75) is 25.1 Å². The molecule has 0 aliphatic carbocycles. The van der Waals surface area contributed by atoms with Crippen molar-refractivity contribution in [3.63, 3.8) is 0 Å². The van der Waals surface area contributed by atoms with E-state index >= 15 is 0 Å². The van der Waals surface area contributed by atoms with E-state index in [0.29, 0.717) is 5.92 Å². The van der Waals surface area contributed by atoms with Gasteiger partial charge in [-0.15, -0.1) is 0 Å². The lowest BCUT2D eigenvalue weighted by molar-refractivity contribution is 0.0937. The zero-order valence-corrected chi connectivity index (χ0v) is 13.7. The summed E-state index contributed by atoms with van der Waals surface area (Å²) in [5, 5.41) is 3.89. The summed E-state index contributed by atoms with van der Waals surface area (Å²) in [6.45, 7) is 6.47. The average molecular weight is 339 g/mol. The first-order chi connectivity index (χ1) is 9.72. The van der Waals surface area contributed by atoms with E-state index in [1.807, 2.05) is 24.3 Å². The number of hydrogen-bond acceptors (Lipinski definition) is 2. The van der Waals surface area contributed by atoms with E-state index in [1.54, 1.807) is 0 Å². The molecule has 4 heteroatoms. The van der Waals surface area contributed by atoms with Crippen LogP contribution in [-0.2, 0) is 5.33 Å². The van der Waals surface area contributed by atoms with Gasteiger partial charge in [0.1, 0.15) is 0 Å². The molecule has 0 radical (unpaired) electrons. The van der Waals surface area contributed by atoms with Crippen LogP contribution in [0.25, 0.3) is 0 Å². The second-order valence-electron chi connectivity index (χ2n) is 5.42. The van der Waals surface area contributed by atoms with Crippen LogP contribution < -0.4 is 5.32 Å². The number of rotatable bonds is 5. The van der Waals surface area contributed by atoms with E-state index in [4.69, 9.17) is 0 Å². The van der Waals surface area contributed by atoms with E-state index in [1.165, 1.54) is 18.4 Å². The number of carbonyl (C=O) groups excluding carboxylic acids is 1. The van der Waals surface area contributed by atoms with Crippen LogP contribution in [0.5, 0.6) is 0 Å². The lowest BCUT2D eigenvalue weighted by atomic mass is 9.96. The number of carbonyl (C=O) groups is 1. The van der Waals surface area contributed by atoms with E-state index < -0.39 is 0 Å². The molecule has 110 valence electrons. The van der Waals surface area contributed by atoms with Gasteiger partial charge in [0.2, 0.25) is 0 Å². The van der Waals surface area contributed by atoms with Gasteiger partial charge in [-0.25, -0.2) is 0 Å². The molecule has 20 heavy (non-hydrogen) atoms. The molecule has 1 N–H and O–H groups in total. The molecule has 1 saturated heterocycles. The smallest absolute Gasteiger partial charge is 0.251 e. The predicted octanol–water partition coefficient (Wildman–Crippen LogP) is 3.04. The summed E-state index contributed by atoms with van der Waals surface area (Å²) < 4.78 is 0. The zero-order valence-electron chi connectivity index (χ0n) is 12.1. The summed E-state index contributed by atoms with van der Waals surface area (Å²) in [6, 6.07) is 7.77. The normalized spacial score (nSPS) is 17.1. The number of piperidine rings is 1. The first kappa shape index (κ1) is 15.5. The Balaban J connectivity index is 1.77. The van der Waals surface area contributed by atoms with Gasteiger partial charge in [-0.3, -0.25) is 4.79 Å². The molecule has 0 saturated carbocycles. The maximum Gasteiger partial charge on any atom is 0.251 e. The van der Waals surface area contributed by atoms with E-state index in [0.717, 1.165) is 37.1 Å². The Labute approximate surface area is 129 Å². The van der Waals surface area contributed by atoms with E-state index in [-0.39, 0.29) is 5.91 Å². The molecule has 1 amide bonds.